The van der Waals surface area contributed by atoms with Crippen LogP contribution in [0.4, 0.5) is 4.79 Å². The van der Waals surface area contributed by atoms with E-state index in [1.54, 1.807) is 24.3 Å². The van der Waals surface area contributed by atoms with Gasteiger partial charge in [-0.2, -0.15) is 0 Å². The smallest absolute Gasteiger partial charge is 0.408 e. The van der Waals surface area contributed by atoms with Gasteiger partial charge in [0.1, 0.15) is 31.3 Å². The molecule has 2 rings (SSSR count). The number of nitrogens with zero attached hydrogens (tertiary/aromatic N) is 1. The molecule has 15 nitrogen and oxygen atoms in total. The van der Waals surface area contributed by atoms with Crippen molar-refractivity contribution in [3.8, 4) is 0 Å². The molecule has 228 valence electrons. The second kappa shape index (κ2) is 17.0. The third-order valence-corrected chi connectivity index (χ3v) is 5.81. The molecule has 0 radical (unpaired) electrons. The Kier molecular flexibility index (Phi) is 13.5. The van der Waals surface area contributed by atoms with Gasteiger partial charge in [-0.25, -0.2) is 9.78 Å². The van der Waals surface area contributed by atoms with Crippen molar-refractivity contribution in [1.29, 1.82) is 0 Å². The van der Waals surface area contributed by atoms with Gasteiger partial charge in [-0.05, 0) is 17.9 Å². The molecular weight excluding hydrogens is 550 g/mol. The van der Waals surface area contributed by atoms with Crippen LogP contribution in [0.25, 0.3) is 0 Å². The number of carbonyl (C=O) groups excluding carboxylic acids is 6. The number of aromatic nitrogens is 2. The maximum atomic E-state index is 13.3. The summed E-state index contributed by atoms with van der Waals surface area (Å²) >= 11 is 0. The van der Waals surface area contributed by atoms with Crippen molar-refractivity contribution in [3.63, 3.8) is 0 Å². The first kappa shape index (κ1) is 33.3. The lowest BCUT2D eigenvalue weighted by Gasteiger charge is -2.25. The van der Waals surface area contributed by atoms with Gasteiger partial charge in [-0.3, -0.25) is 24.0 Å². The molecule has 15 heteroatoms. The molecule has 0 aliphatic rings. The number of amides is 5. The van der Waals surface area contributed by atoms with Gasteiger partial charge in [0.2, 0.25) is 23.6 Å². The minimum atomic E-state index is -1.48. The number of H-pyrrole nitrogens is 1. The number of imidazole rings is 1. The highest BCUT2D eigenvalue weighted by molar-refractivity contribution is 5.96. The third-order valence-electron chi connectivity index (χ3n) is 5.81. The fourth-order valence-electron chi connectivity index (χ4n) is 3.75. The first-order valence-corrected chi connectivity index (χ1v) is 13.2. The lowest BCUT2D eigenvalue weighted by molar-refractivity contribution is -0.141. The van der Waals surface area contributed by atoms with E-state index in [1.807, 2.05) is 19.9 Å². The Morgan fingerprint density at radius 2 is 1.60 bits per heavy atom. The summed E-state index contributed by atoms with van der Waals surface area (Å²) in [6, 6.07) is 5.08. The molecule has 1 aromatic carbocycles. The van der Waals surface area contributed by atoms with Gasteiger partial charge >= 0.3 is 12.1 Å². The highest BCUT2D eigenvalue weighted by Gasteiger charge is 2.31. The molecule has 3 atom stereocenters. The number of hydrogen-bond donors (Lipinski definition) is 6. The molecular formula is C27H37N7O8. The summed E-state index contributed by atoms with van der Waals surface area (Å²) in [4.78, 5) is 81.7. The lowest BCUT2D eigenvalue weighted by atomic mass is 10.0. The highest BCUT2D eigenvalue weighted by atomic mass is 16.5. The van der Waals surface area contributed by atoms with E-state index in [2.05, 4.69) is 36.0 Å². The number of aromatic amines is 1. The van der Waals surface area contributed by atoms with E-state index in [0.717, 1.165) is 12.7 Å². The van der Waals surface area contributed by atoms with Gasteiger partial charge in [0.15, 0.2) is 0 Å². The van der Waals surface area contributed by atoms with Gasteiger partial charge in [-0.1, -0.05) is 44.2 Å². The molecule has 0 aliphatic heterocycles. The Hall–Kier alpha value is -4.95. The second-order valence-corrected chi connectivity index (χ2v) is 9.76. The third kappa shape index (κ3) is 12.1. The van der Waals surface area contributed by atoms with E-state index in [4.69, 9.17) is 10.5 Å². The van der Waals surface area contributed by atoms with Crippen LogP contribution in [-0.2, 0) is 46.5 Å². The minimum absolute atomic E-state index is 0.0479. The Bertz CT molecular complexity index is 1200. The standard InChI is InChI=1S/C27H37N7O8/c1-16(2)9-19(24(37)30-13-23(36)41-3)32-26(39)21(11-22(28)35)33-25(38)20(10-18-12-29-15-31-18)34-27(40)42-14-17-7-5-4-6-8-17/h4-8,12,15-16,19-21H,9-11,13-14H2,1-3H3,(H2,28,35)(H,29,31)(H,30,37)(H,32,39)(H,33,38)(H,34,40)/t19-,20-,21+/m0/s1. The summed E-state index contributed by atoms with van der Waals surface area (Å²) in [7, 11) is 1.16. The first-order valence-electron chi connectivity index (χ1n) is 13.2. The molecule has 42 heavy (non-hydrogen) atoms. The Labute approximate surface area is 242 Å². The number of ether oxygens (including phenoxy) is 2. The normalized spacial score (nSPS) is 12.8. The van der Waals surface area contributed by atoms with Crippen molar-refractivity contribution in [2.45, 2.75) is 57.8 Å². The van der Waals surface area contributed by atoms with Gasteiger partial charge in [-0.15, -0.1) is 0 Å². The molecule has 7 N–H and O–H groups in total. The topological polar surface area (TPSA) is 224 Å². The van der Waals surface area contributed by atoms with Crippen molar-refractivity contribution in [1.82, 2.24) is 31.2 Å². The van der Waals surface area contributed by atoms with Crippen LogP contribution in [0.1, 0.15) is 37.9 Å². The van der Waals surface area contributed by atoms with Crippen molar-refractivity contribution >= 4 is 35.7 Å². The molecule has 0 saturated heterocycles. The van der Waals surface area contributed by atoms with E-state index in [9.17, 15) is 28.8 Å². The fraction of sp³-hybridized carbons (Fsp3) is 0.444. The molecule has 5 amide bonds. The number of nitrogens with two attached hydrogens (primary N) is 1. The van der Waals surface area contributed by atoms with Crippen LogP contribution >= 0.6 is 0 Å². The number of primary amides is 1. The Morgan fingerprint density at radius 3 is 2.19 bits per heavy atom. The highest BCUT2D eigenvalue weighted by Crippen LogP contribution is 2.08. The van der Waals surface area contributed by atoms with E-state index in [1.165, 1.54) is 12.5 Å². The number of nitrogens with one attached hydrogen (secondary N) is 5. The summed E-state index contributed by atoms with van der Waals surface area (Å²) in [6.45, 7) is 3.17. The largest absolute Gasteiger partial charge is 0.468 e. The molecule has 1 heterocycles. The minimum Gasteiger partial charge on any atom is -0.468 e. The van der Waals surface area contributed by atoms with Crippen molar-refractivity contribution in [2.24, 2.45) is 11.7 Å². The van der Waals surface area contributed by atoms with E-state index in [0.29, 0.717) is 5.69 Å². The Morgan fingerprint density at radius 1 is 0.929 bits per heavy atom. The Balaban J connectivity index is 2.15. The molecule has 0 bridgehead atoms. The first-order chi connectivity index (χ1) is 20.0. The van der Waals surface area contributed by atoms with Crippen molar-refractivity contribution in [2.75, 3.05) is 13.7 Å². The van der Waals surface area contributed by atoms with Gasteiger partial charge in [0.05, 0.1) is 19.9 Å². The molecule has 2 aromatic rings. The average molecular weight is 588 g/mol. The fourth-order valence-corrected chi connectivity index (χ4v) is 3.75. The van der Waals surface area contributed by atoms with Crippen LogP contribution in [-0.4, -0.2) is 77.4 Å². The van der Waals surface area contributed by atoms with Crippen LogP contribution in [0.15, 0.2) is 42.9 Å². The van der Waals surface area contributed by atoms with Crippen LogP contribution in [0.2, 0.25) is 0 Å². The number of esters is 1. The molecule has 0 aliphatic carbocycles. The number of methoxy groups -OCH3 is 1. The number of rotatable bonds is 16. The summed E-state index contributed by atoms with van der Waals surface area (Å²) in [5, 5.41) is 9.78. The van der Waals surface area contributed by atoms with Crippen molar-refractivity contribution in [3.05, 3.63) is 54.1 Å². The zero-order valence-electron chi connectivity index (χ0n) is 23.7. The maximum absolute atomic E-state index is 13.3. The van der Waals surface area contributed by atoms with Crippen molar-refractivity contribution < 1.29 is 38.2 Å². The number of hydrogen-bond acceptors (Lipinski definition) is 9. The molecule has 0 saturated carbocycles. The quantitative estimate of drug-likeness (QED) is 0.138. The predicted molar refractivity (Wildman–Crippen MR) is 148 cm³/mol. The number of carbonyl (C=O) groups is 6. The van der Waals surface area contributed by atoms with Crippen LogP contribution in [0.5, 0.6) is 0 Å². The summed E-state index contributed by atoms with van der Waals surface area (Å²) in [5.41, 5.74) is 6.55. The summed E-state index contributed by atoms with van der Waals surface area (Å²) in [6.07, 6.45) is 1.49. The molecule has 1 aromatic heterocycles. The monoisotopic (exact) mass is 587 g/mol. The predicted octanol–water partition coefficient (Wildman–Crippen LogP) is -0.572. The number of benzene rings is 1. The zero-order chi connectivity index (χ0) is 31.1. The number of alkyl carbamates (subject to hydrolysis) is 1. The second-order valence-electron chi connectivity index (χ2n) is 9.76. The van der Waals surface area contributed by atoms with E-state index < -0.39 is 66.8 Å². The van der Waals surface area contributed by atoms with Gasteiger partial charge in [0.25, 0.3) is 0 Å². The molecule has 0 fully saturated rings. The van der Waals surface area contributed by atoms with E-state index >= 15 is 0 Å². The zero-order valence-corrected chi connectivity index (χ0v) is 23.7. The summed E-state index contributed by atoms with van der Waals surface area (Å²) < 4.78 is 9.73. The van der Waals surface area contributed by atoms with Gasteiger partial charge in [0, 0.05) is 18.3 Å². The van der Waals surface area contributed by atoms with Crippen LogP contribution in [0, 0.1) is 5.92 Å². The SMILES string of the molecule is COC(=O)CNC(=O)[C@H](CC(C)C)NC(=O)[C@@H](CC(N)=O)NC(=O)[C@H](Cc1cnc[nH]1)NC(=O)OCc1ccccc1. The van der Waals surface area contributed by atoms with Crippen LogP contribution in [0.3, 0.4) is 0 Å². The van der Waals surface area contributed by atoms with Crippen LogP contribution < -0.4 is 27.0 Å². The summed E-state index contributed by atoms with van der Waals surface area (Å²) in [5.74, 6) is -3.98. The average Bonchev–Trinajstić information content (AvgIpc) is 3.46. The maximum Gasteiger partial charge on any atom is 0.408 e. The molecule has 0 spiro atoms. The van der Waals surface area contributed by atoms with E-state index in [-0.39, 0.29) is 25.4 Å². The lowest BCUT2D eigenvalue weighted by Crippen LogP contribution is -2.58. The molecule has 0 unspecified atom stereocenters. The van der Waals surface area contributed by atoms with Gasteiger partial charge < -0.3 is 41.5 Å².